The van der Waals surface area contributed by atoms with E-state index in [1.807, 2.05) is 13.8 Å². The molecule has 0 amide bonds. The van der Waals surface area contributed by atoms with Gasteiger partial charge in [0.15, 0.2) is 0 Å². The molecule has 0 saturated carbocycles. The molecule has 0 radical (unpaired) electrons. The number of nitrogens with two attached hydrogens (primary N) is 1. The fourth-order valence-corrected chi connectivity index (χ4v) is 0.864. The van der Waals surface area contributed by atoms with Crippen molar-refractivity contribution in [1.82, 2.24) is 10.2 Å². The summed E-state index contributed by atoms with van der Waals surface area (Å²) in [6.07, 6.45) is -0.500. The van der Waals surface area contributed by atoms with Gasteiger partial charge in [-0.05, 0) is 5.92 Å². The second kappa shape index (κ2) is 2.92. The van der Waals surface area contributed by atoms with Gasteiger partial charge in [0.2, 0.25) is 0 Å². The smallest absolute Gasteiger partial charge is 0.145 e. The molecule has 0 aliphatic rings. The van der Waals surface area contributed by atoms with Crippen LogP contribution in [0.25, 0.3) is 0 Å². The average Bonchev–Trinajstić information content (AvgIpc) is 2.34. The maximum absolute atomic E-state index is 9.48. The first-order valence-corrected chi connectivity index (χ1v) is 3.60. The van der Waals surface area contributed by atoms with Crippen LogP contribution in [-0.2, 0) is 0 Å². The minimum absolute atomic E-state index is 0.176. The lowest BCUT2D eigenvalue weighted by molar-refractivity contribution is 0.122. The standard InChI is InChI=1S/C7H13N3O/c1-4(2)7(11)5-3-6(8)10-9-5/h3-4,7,11H,1-2H3,(H3,8,9,10)/t7-/m0/s1. The highest BCUT2D eigenvalue weighted by atomic mass is 16.3. The lowest BCUT2D eigenvalue weighted by Crippen LogP contribution is -2.05. The highest BCUT2D eigenvalue weighted by molar-refractivity contribution is 5.29. The molecule has 0 aliphatic heterocycles. The summed E-state index contributed by atoms with van der Waals surface area (Å²) in [5, 5.41) is 15.9. The van der Waals surface area contributed by atoms with Crippen molar-refractivity contribution in [2.45, 2.75) is 20.0 Å². The van der Waals surface area contributed by atoms with Crippen molar-refractivity contribution >= 4 is 5.82 Å². The largest absolute Gasteiger partial charge is 0.387 e. The van der Waals surface area contributed by atoms with E-state index in [-0.39, 0.29) is 5.92 Å². The zero-order valence-electron chi connectivity index (χ0n) is 6.70. The number of nitrogens with zero attached hydrogens (tertiary/aromatic N) is 1. The summed E-state index contributed by atoms with van der Waals surface area (Å²) in [5.41, 5.74) is 6.04. The van der Waals surface area contributed by atoms with Gasteiger partial charge >= 0.3 is 0 Å². The summed E-state index contributed by atoms with van der Waals surface area (Å²) in [6.45, 7) is 3.86. The molecule has 1 heterocycles. The van der Waals surface area contributed by atoms with E-state index in [1.165, 1.54) is 0 Å². The molecule has 0 aliphatic carbocycles. The molecule has 1 atom stereocenters. The maximum Gasteiger partial charge on any atom is 0.145 e. The van der Waals surface area contributed by atoms with E-state index in [2.05, 4.69) is 10.2 Å². The number of nitrogens with one attached hydrogen (secondary N) is 1. The van der Waals surface area contributed by atoms with Crippen LogP contribution in [0.2, 0.25) is 0 Å². The lowest BCUT2D eigenvalue weighted by atomic mass is 10.1. The molecule has 11 heavy (non-hydrogen) atoms. The van der Waals surface area contributed by atoms with Crippen LogP contribution in [0.5, 0.6) is 0 Å². The monoisotopic (exact) mass is 155 g/mol. The number of hydrogen-bond donors (Lipinski definition) is 3. The molecule has 4 N–H and O–H groups in total. The van der Waals surface area contributed by atoms with Gasteiger partial charge in [-0.3, -0.25) is 5.10 Å². The van der Waals surface area contributed by atoms with Crippen molar-refractivity contribution in [3.63, 3.8) is 0 Å². The van der Waals surface area contributed by atoms with Crippen LogP contribution in [0.4, 0.5) is 5.82 Å². The van der Waals surface area contributed by atoms with Gasteiger partial charge in [0.25, 0.3) is 0 Å². The zero-order chi connectivity index (χ0) is 8.43. The van der Waals surface area contributed by atoms with Crippen molar-refractivity contribution in [2.24, 2.45) is 5.92 Å². The Morgan fingerprint density at radius 2 is 2.27 bits per heavy atom. The lowest BCUT2D eigenvalue weighted by Gasteiger charge is -2.10. The Morgan fingerprint density at radius 3 is 2.64 bits per heavy atom. The number of aliphatic hydroxyl groups is 1. The van der Waals surface area contributed by atoms with E-state index >= 15 is 0 Å². The van der Waals surface area contributed by atoms with E-state index in [1.54, 1.807) is 6.07 Å². The van der Waals surface area contributed by atoms with Crippen LogP contribution >= 0.6 is 0 Å². The summed E-state index contributed by atoms with van der Waals surface area (Å²) in [5.74, 6) is 0.592. The molecule has 0 saturated heterocycles. The average molecular weight is 155 g/mol. The summed E-state index contributed by atoms with van der Waals surface area (Å²) in [6, 6.07) is 1.64. The number of anilines is 1. The Kier molecular flexibility index (Phi) is 2.14. The van der Waals surface area contributed by atoms with Gasteiger partial charge in [-0.2, -0.15) is 5.10 Å². The summed E-state index contributed by atoms with van der Waals surface area (Å²) < 4.78 is 0. The summed E-state index contributed by atoms with van der Waals surface area (Å²) >= 11 is 0. The maximum atomic E-state index is 9.48. The quantitative estimate of drug-likeness (QED) is 0.588. The zero-order valence-corrected chi connectivity index (χ0v) is 6.70. The van der Waals surface area contributed by atoms with Gasteiger partial charge in [0.1, 0.15) is 5.82 Å². The van der Waals surface area contributed by atoms with Crippen LogP contribution < -0.4 is 5.73 Å². The van der Waals surface area contributed by atoms with Gasteiger partial charge in [0, 0.05) is 6.07 Å². The third-order valence-corrected chi connectivity index (χ3v) is 1.57. The molecular weight excluding hydrogens is 142 g/mol. The van der Waals surface area contributed by atoms with Gasteiger partial charge in [0.05, 0.1) is 11.8 Å². The first-order chi connectivity index (χ1) is 5.11. The van der Waals surface area contributed by atoms with E-state index in [0.717, 1.165) is 0 Å². The molecule has 0 unspecified atom stereocenters. The molecular formula is C7H13N3O. The number of H-pyrrole nitrogens is 1. The van der Waals surface area contributed by atoms with Crippen LogP contribution in [0.15, 0.2) is 6.07 Å². The number of aromatic amines is 1. The van der Waals surface area contributed by atoms with Crippen molar-refractivity contribution in [3.05, 3.63) is 11.8 Å². The Labute approximate surface area is 65.4 Å². The van der Waals surface area contributed by atoms with E-state index < -0.39 is 6.10 Å². The predicted molar refractivity (Wildman–Crippen MR) is 42.8 cm³/mol. The molecule has 62 valence electrons. The number of rotatable bonds is 2. The van der Waals surface area contributed by atoms with Crippen molar-refractivity contribution in [2.75, 3.05) is 5.73 Å². The Bertz CT molecular complexity index is 231. The van der Waals surface area contributed by atoms with Gasteiger partial charge in [-0.1, -0.05) is 13.8 Å². The van der Waals surface area contributed by atoms with Crippen LogP contribution in [-0.4, -0.2) is 15.3 Å². The molecule has 1 rings (SSSR count). The fraction of sp³-hybridized carbons (Fsp3) is 0.571. The fourth-order valence-electron chi connectivity index (χ4n) is 0.864. The minimum Gasteiger partial charge on any atom is -0.387 e. The molecule has 1 aromatic heterocycles. The molecule has 4 heteroatoms. The van der Waals surface area contributed by atoms with E-state index in [0.29, 0.717) is 11.5 Å². The molecule has 0 fully saturated rings. The van der Waals surface area contributed by atoms with E-state index in [9.17, 15) is 5.11 Å². The second-order valence-corrected chi connectivity index (χ2v) is 2.94. The summed E-state index contributed by atoms with van der Waals surface area (Å²) in [7, 11) is 0. The van der Waals surface area contributed by atoms with Crippen LogP contribution in [0.3, 0.4) is 0 Å². The molecule has 0 spiro atoms. The summed E-state index contributed by atoms with van der Waals surface area (Å²) in [4.78, 5) is 0. The molecule has 0 bridgehead atoms. The topological polar surface area (TPSA) is 74.9 Å². The Balaban J connectivity index is 2.76. The van der Waals surface area contributed by atoms with Crippen LogP contribution in [0, 0.1) is 5.92 Å². The highest BCUT2D eigenvalue weighted by Crippen LogP contribution is 2.19. The van der Waals surface area contributed by atoms with Gasteiger partial charge < -0.3 is 10.8 Å². The molecule has 1 aromatic rings. The number of nitrogen functional groups attached to an aromatic ring is 1. The first kappa shape index (κ1) is 8.07. The normalized spacial score (nSPS) is 13.8. The first-order valence-electron chi connectivity index (χ1n) is 3.60. The highest BCUT2D eigenvalue weighted by Gasteiger charge is 2.13. The predicted octanol–water partition coefficient (Wildman–Crippen LogP) is 0.681. The van der Waals surface area contributed by atoms with Gasteiger partial charge in [-0.25, -0.2) is 0 Å². The van der Waals surface area contributed by atoms with Crippen LogP contribution in [0.1, 0.15) is 25.6 Å². The number of aliphatic hydroxyl groups excluding tert-OH is 1. The third kappa shape index (κ3) is 1.71. The number of aromatic nitrogens is 2. The second-order valence-electron chi connectivity index (χ2n) is 2.94. The van der Waals surface area contributed by atoms with Crippen molar-refractivity contribution < 1.29 is 5.11 Å². The molecule has 4 nitrogen and oxygen atoms in total. The molecule has 0 aromatic carbocycles. The Morgan fingerprint density at radius 1 is 1.64 bits per heavy atom. The minimum atomic E-state index is -0.500. The number of hydrogen-bond acceptors (Lipinski definition) is 3. The van der Waals surface area contributed by atoms with Crippen molar-refractivity contribution in [1.29, 1.82) is 0 Å². The Hall–Kier alpha value is -1.03. The van der Waals surface area contributed by atoms with E-state index in [4.69, 9.17) is 5.73 Å². The third-order valence-electron chi connectivity index (χ3n) is 1.57. The SMILES string of the molecule is CC(C)[C@H](O)c1cc(N)n[nH]1. The van der Waals surface area contributed by atoms with Gasteiger partial charge in [-0.15, -0.1) is 0 Å². The van der Waals surface area contributed by atoms with Crippen molar-refractivity contribution in [3.8, 4) is 0 Å².